The van der Waals surface area contributed by atoms with Gasteiger partial charge >= 0.3 is 0 Å². The van der Waals surface area contributed by atoms with Gasteiger partial charge in [-0.3, -0.25) is 4.79 Å². The van der Waals surface area contributed by atoms with E-state index >= 15 is 0 Å². The fraction of sp³-hybridized carbons (Fsp3) is 0.471. The first kappa shape index (κ1) is 17.5. The van der Waals surface area contributed by atoms with Crippen molar-refractivity contribution in [3.05, 3.63) is 45.9 Å². The van der Waals surface area contributed by atoms with E-state index in [1.807, 2.05) is 23.1 Å². The highest BCUT2D eigenvalue weighted by atomic mass is 79.9. The molecular formula is C17H21BrClNO2. The number of benzene rings is 1. The van der Waals surface area contributed by atoms with Gasteiger partial charge in [0.2, 0.25) is 5.91 Å². The van der Waals surface area contributed by atoms with Crippen molar-refractivity contribution in [1.82, 2.24) is 4.90 Å². The number of rotatable bonds is 7. The standard InChI is InChI=1S/C17H21BrClNO2/c1-2-10-22-12-15-4-3-9-20(15)17(21)8-5-13-11-14(19)6-7-16(13)18/h2,6-7,11,15H,1,3-5,8-10,12H2/t15-/m1/s1. The quantitative estimate of drug-likeness (QED) is 0.518. The van der Waals surface area contributed by atoms with Crippen molar-refractivity contribution in [2.75, 3.05) is 19.8 Å². The van der Waals surface area contributed by atoms with Crippen LogP contribution in [0, 0.1) is 0 Å². The van der Waals surface area contributed by atoms with Crippen LogP contribution in [-0.4, -0.2) is 36.6 Å². The minimum Gasteiger partial charge on any atom is -0.375 e. The number of nitrogens with zero attached hydrogens (tertiary/aromatic N) is 1. The van der Waals surface area contributed by atoms with Crippen molar-refractivity contribution < 1.29 is 9.53 Å². The van der Waals surface area contributed by atoms with Gasteiger partial charge < -0.3 is 9.64 Å². The second-order valence-corrected chi connectivity index (χ2v) is 6.74. The third-order valence-electron chi connectivity index (χ3n) is 3.86. The largest absolute Gasteiger partial charge is 0.375 e. The Morgan fingerprint density at radius 2 is 2.36 bits per heavy atom. The highest BCUT2D eigenvalue weighted by molar-refractivity contribution is 9.10. The summed E-state index contributed by atoms with van der Waals surface area (Å²) in [5, 5.41) is 0.697. The molecule has 1 aromatic rings. The van der Waals surface area contributed by atoms with Crippen molar-refractivity contribution in [1.29, 1.82) is 0 Å². The molecule has 0 aromatic heterocycles. The zero-order valence-electron chi connectivity index (χ0n) is 12.6. The summed E-state index contributed by atoms with van der Waals surface area (Å²) in [6, 6.07) is 5.87. The van der Waals surface area contributed by atoms with Crippen LogP contribution in [0.25, 0.3) is 0 Å². The monoisotopic (exact) mass is 385 g/mol. The van der Waals surface area contributed by atoms with E-state index in [4.69, 9.17) is 16.3 Å². The summed E-state index contributed by atoms with van der Waals surface area (Å²) in [5.74, 6) is 0.191. The molecule has 1 aromatic carbocycles. The topological polar surface area (TPSA) is 29.5 Å². The number of likely N-dealkylation sites (tertiary alicyclic amines) is 1. The predicted molar refractivity (Wildman–Crippen MR) is 93.2 cm³/mol. The van der Waals surface area contributed by atoms with Gasteiger partial charge in [0.05, 0.1) is 19.3 Å². The number of ether oxygens (including phenoxy) is 1. The van der Waals surface area contributed by atoms with Gasteiger partial charge in [-0.05, 0) is 43.0 Å². The lowest BCUT2D eigenvalue weighted by Gasteiger charge is -2.24. The van der Waals surface area contributed by atoms with E-state index in [2.05, 4.69) is 22.5 Å². The molecule has 1 atom stereocenters. The molecule has 22 heavy (non-hydrogen) atoms. The summed E-state index contributed by atoms with van der Waals surface area (Å²) >= 11 is 9.52. The van der Waals surface area contributed by atoms with E-state index < -0.39 is 0 Å². The molecule has 5 heteroatoms. The van der Waals surface area contributed by atoms with Crippen LogP contribution >= 0.6 is 27.5 Å². The highest BCUT2D eigenvalue weighted by Gasteiger charge is 2.28. The van der Waals surface area contributed by atoms with E-state index in [0.717, 1.165) is 29.4 Å². The molecule has 0 radical (unpaired) electrons. The number of amides is 1. The zero-order chi connectivity index (χ0) is 15.9. The Morgan fingerprint density at radius 3 is 3.14 bits per heavy atom. The number of carbonyl (C=O) groups is 1. The molecule has 0 N–H and O–H groups in total. The molecule has 2 rings (SSSR count). The van der Waals surface area contributed by atoms with Crippen molar-refractivity contribution in [2.45, 2.75) is 31.7 Å². The fourth-order valence-electron chi connectivity index (χ4n) is 2.74. The van der Waals surface area contributed by atoms with Crippen LogP contribution in [0.5, 0.6) is 0 Å². The van der Waals surface area contributed by atoms with Gasteiger partial charge in [-0.2, -0.15) is 0 Å². The minimum absolute atomic E-state index is 0.191. The highest BCUT2D eigenvalue weighted by Crippen LogP contribution is 2.24. The SMILES string of the molecule is C=CCOC[C@H]1CCCN1C(=O)CCc1cc(Cl)ccc1Br. The molecule has 0 unspecified atom stereocenters. The first-order valence-electron chi connectivity index (χ1n) is 7.54. The van der Waals surface area contributed by atoms with E-state index in [1.54, 1.807) is 6.08 Å². The Hall–Kier alpha value is -0.840. The molecule has 1 aliphatic heterocycles. The molecule has 120 valence electrons. The van der Waals surface area contributed by atoms with Gasteiger partial charge in [-0.1, -0.05) is 33.6 Å². The predicted octanol–water partition coefficient (Wildman–Crippen LogP) is 4.23. The molecule has 1 saturated heterocycles. The maximum atomic E-state index is 12.5. The number of hydrogen-bond donors (Lipinski definition) is 0. The smallest absolute Gasteiger partial charge is 0.223 e. The van der Waals surface area contributed by atoms with Crippen LogP contribution in [0.15, 0.2) is 35.3 Å². The molecule has 1 fully saturated rings. The second kappa shape index (κ2) is 8.70. The van der Waals surface area contributed by atoms with Gasteiger partial charge in [-0.25, -0.2) is 0 Å². The third-order valence-corrected chi connectivity index (χ3v) is 4.87. The number of halogens is 2. The Labute approximate surface area is 145 Å². The van der Waals surface area contributed by atoms with Gasteiger partial charge in [0.25, 0.3) is 0 Å². The minimum atomic E-state index is 0.191. The normalized spacial score (nSPS) is 17.7. The van der Waals surface area contributed by atoms with E-state index in [0.29, 0.717) is 31.1 Å². The third kappa shape index (κ3) is 4.83. The lowest BCUT2D eigenvalue weighted by molar-refractivity contribution is -0.133. The van der Waals surface area contributed by atoms with E-state index in [9.17, 15) is 4.79 Å². The van der Waals surface area contributed by atoms with Crippen molar-refractivity contribution >= 4 is 33.4 Å². The fourth-order valence-corrected chi connectivity index (χ4v) is 3.38. The van der Waals surface area contributed by atoms with Crippen molar-refractivity contribution in [3.63, 3.8) is 0 Å². The summed E-state index contributed by atoms with van der Waals surface area (Å²) in [6.45, 7) is 5.60. The lowest BCUT2D eigenvalue weighted by atomic mass is 10.1. The number of hydrogen-bond acceptors (Lipinski definition) is 2. The molecule has 3 nitrogen and oxygen atoms in total. The van der Waals surface area contributed by atoms with Crippen LogP contribution in [0.2, 0.25) is 5.02 Å². The summed E-state index contributed by atoms with van der Waals surface area (Å²) in [4.78, 5) is 14.4. The first-order chi connectivity index (χ1) is 10.6. The molecule has 0 bridgehead atoms. The average Bonchev–Trinajstić information content (AvgIpc) is 2.97. The molecule has 1 aliphatic rings. The maximum absolute atomic E-state index is 12.5. The molecule has 1 heterocycles. The van der Waals surface area contributed by atoms with E-state index in [-0.39, 0.29) is 11.9 Å². The van der Waals surface area contributed by atoms with Gasteiger partial charge in [0, 0.05) is 22.5 Å². The Bertz CT molecular complexity index is 535. The van der Waals surface area contributed by atoms with Crippen LogP contribution in [0.1, 0.15) is 24.8 Å². The molecule has 0 spiro atoms. The zero-order valence-corrected chi connectivity index (χ0v) is 14.9. The average molecular weight is 387 g/mol. The first-order valence-corrected chi connectivity index (χ1v) is 8.71. The Morgan fingerprint density at radius 1 is 1.55 bits per heavy atom. The Balaban J connectivity index is 1.88. The van der Waals surface area contributed by atoms with Gasteiger partial charge in [0.1, 0.15) is 0 Å². The maximum Gasteiger partial charge on any atom is 0.223 e. The molecule has 0 aliphatic carbocycles. The van der Waals surface area contributed by atoms with Crippen molar-refractivity contribution in [3.8, 4) is 0 Å². The summed E-state index contributed by atoms with van der Waals surface area (Å²) < 4.78 is 6.51. The molecular weight excluding hydrogens is 366 g/mol. The molecule has 0 saturated carbocycles. The van der Waals surface area contributed by atoms with Crippen LogP contribution in [0.4, 0.5) is 0 Å². The van der Waals surface area contributed by atoms with Gasteiger partial charge in [0.15, 0.2) is 0 Å². The van der Waals surface area contributed by atoms with Crippen LogP contribution in [-0.2, 0) is 16.0 Å². The van der Waals surface area contributed by atoms with Gasteiger partial charge in [-0.15, -0.1) is 6.58 Å². The summed E-state index contributed by atoms with van der Waals surface area (Å²) in [6.07, 6.45) is 4.99. The van der Waals surface area contributed by atoms with Crippen molar-refractivity contribution in [2.24, 2.45) is 0 Å². The van der Waals surface area contributed by atoms with Crippen LogP contribution < -0.4 is 0 Å². The Kier molecular flexibility index (Phi) is 6.93. The lowest BCUT2D eigenvalue weighted by Crippen LogP contribution is -2.38. The molecule has 1 amide bonds. The second-order valence-electron chi connectivity index (χ2n) is 5.45. The summed E-state index contributed by atoms with van der Waals surface area (Å²) in [7, 11) is 0. The number of aryl methyl sites for hydroxylation is 1. The summed E-state index contributed by atoms with van der Waals surface area (Å²) in [5.41, 5.74) is 1.07. The number of carbonyl (C=O) groups excluding carboxylic acids is 1. The van der Waals surface area contributed by atoms with Crippen LogP contribution in [0.3, 0.4) is 0 Å². The van der Waals surface area contributed by atoms with E-state index in [1.165, 1.54) is 0 Å².